The molecule has 1 aromatic carbocycles. The van der Waals surface area contributed by atoms with E-state index in [-0.39, 0.29) is 18.1 Å². The summed E-state index contributed by atoms with van der Waals surface area (Å²) in [6.07, 6.45) is 4.02. The second-order valence-electron chi connectivity index (χ2n) is 6.21. The number of rotatable bonds is 4. The molecule has 2 saturated heterocycles. The molecule has 2 heterocycles. The molecule has 0 aromatic heterocycles. The fraction of sp³-hybridized carbons (Fsp3) is 0.529. The van der Waals surface area contributed by atoms with E-state index in [9.17, 15) is 9.59 Å². The van der Waals surface area contributed by atoms with Gasteiger partial charge in [-0.15, -0.1) is 0 Å². The second kappa shape index (κ2) is 6.58. The second-order valence-corrected chi connectivity index (χ2v) is 6.21. The van der Waals surface area contributed by atoms with E-state index in [0.29, 0.717) is 24.4 Å². The van der Waals surface area contributed by atoms with Crippen molar-refractivity contribution in [3.8, 4) is 5.75 Å². The van der Waals surface area contributed by atoms with Gasteiger partial charge in [-0.2, -0.15) is 0 Å². The Bertz CT molecular complexity index is 586. The number of nitrogens with two attached hydrogens (primary N) is 1. The number of nitrogens with zero attached hydrogens (tertiary/aromatic N) is 1. The van der Waals surface area contributed by atoms with Gasteiger partial charge in [0.05, 0.1) is 5.60 Å². The van der Waals surface area contributed by atoms with Gasteiger partial charge in [0, 0.05) is 25.3 Å². The molecule has 6 heteroatoms. The molecule has 2 fully saturated rings. The Balaban J connectivity index is 1.62. The van der Waals surface area contributed by atoms with Gasteiger partial charge in [-0.3, -0.25) is 9.59 Å². The molecule has 23 heavy (non-hydrogen) atoms. The summed E-state index contributed by atoms with van der Waals surface area (Å²) in [6.45, 7) is 2.07. The minimum Gasteiger partial charge on any atom is -0.484 e. The van der Waals surface area contributed by atoms with E-state index in [1.807, 2.05) is 4.90 Å². The number of carbonyl (C=O) groups excluding carboxylic acids is 2. The average molecular weight is 318 g/mol. The van der Waals surface area contributed by atoms with Crippen LogP contribution in [0.25, 0.3) is 0 Å². The molecule has 6 nitrogen and oxygen atoms in total. The predicted molar refractivity (Wildman–Crippen MR) is 84.2 cm³/mol. The Labute approximate surface area is 135 Å². The molecular formula is C17H22N2O4. The van der Waals surface area contributed by atoms with Crippen LogP contribution in [0.1, 0.15) is 36.0 Å². The number of piperidine rings is 1. The molecule has 1 spiro atoms. The molecule has 0 radical (unpaired) electrons. The van der Waals surface area contributed by atoms with Crippen molar-refractivity contribution in [3.05, 3.63) is 29.8 Å². The van der Waals surface area contributed by atoms with Crippen LogP contribution >= 0.6 is 0 Å². The average Bonchev–Trinajstić information content (AvgIpc) is 3.01. The molecule has 0 unspecified atom stereocenters. The smallest absolute Gasteiger partial charge is 0.255 e. The Morgan fingerprint density at radius 1 is 1.26 bits per heavy atom. The first kappa shape index (κ1) is 15.8. The van der Waals surface area contributed by atoms with Gasteiger partial charge in [-0.1, -0.05) is 6.07 Å². The van der Waals surface area contributed by atoms with Crippen LogP contribution < -0.4 is 10.5 Å². The highest BCUT2D eigenvalue weighted by Crippen LogP contribution is 2.36. The van der Waals surface area contributed by atoms with E-state index in [4.69, 9.17) is 15.2 Å². The lowest BCUT2D eigenvalue weighted by atomic mass is 9.88. The first-order valence-electron chi connectivity index (χ1n) is 8.02. The molecule has 3 rings (SSSR count). The van der Waals surface area contributed by atoms with E-state index in [0.717, 1.165) is 32.3 Å². The number of hydrogen-bond donors (Lipinski definition) is 1. The van der Waals surface area contributed by atoms with Crippen molar-refractivity contribution in [2.75, 3.05) is 26.3 Å². The van der Waals surface area contributed by atoms with Crippen molar-refractivity contribution in [1.82, 2.24) is 4.90 Å². The zero-order valence-corrected chi connectivity index (χ0v) is 13.1. The number of likely N-dealkylation sites (tertiary alicyclic amines) is 1. The monoisotopic (exact) mass is 318 g/mol. The van der Waals surface area contributed by atoms with Crippen LogP contribution in [0.15, 0.2) is 24.3 Å². The number of hydrogen-bond acceptors (Lipinski definition) is 4. The van der Waals surface area contributed by atoms with Crippen molar-refractivity contribution in [3.63, 3.8) is 0 Å². The minimum atomic E-state index is -0.542. The number of ether oxygens (including phenoxy) is 2. The van der Waals surface area contributed by atoms with Gasteiger partial charge in [0.1, 0.15) is 5.75 Å². The lowest BCUT2D eigenvalue weighted by Crippen LogP contribution is -2.46. The van der Waals surface area contributed by atoms with E-state index in [2.05, 4.69) is 0 Å². The summed E-state index contributed by atoms with van der Waals surface area (Å²) in [4.78, 5) is 25.3. The predicted octanol–water partition coefficient (Wildman–Crippen LogP) is 1.34. The zero-order valence-electron chi connectivity index (χ0n) is 13.1. The maximum Gasteiger partial charge on any atom is 0.255 e. The molecule has 2 aliphatic heterocycles. The van der Waals surface area contributed by atoms with Crippen LogP contribution in [-0.2, 0) is 9.53 Å². The molecule has 0 bridgehead atoms. The van der Waals surface area contributed by atoms with Gasteiger partial charge in [0.15, 0.2) is 6.61 Å². The standard InChI is InChI=1S/C17H22N2O4/c18-15(20)12-22-14-4-1-3-13(11-14)16(21)19-8-6-17(7-9-19)5-2-10-23-17/h1,3-4,11H,2,5-10,12H2,(H2,18,20). The molecule has 0 saturated carbocycles. The first-order chi connectivity index (χ1) is 11.1. The summed E-state index contributed by atoms with van der Waals surface area (Å²) in [6, 6.07) is 6.87. The maximum absolute atomic E-state index is 12.6. The van der Waals surface area contributed by atoms with Crippen molar-refractivity contribution >= 4 is 11.8 Å². The van der Waals surface area contributed by atoms with Gasteiger partial charge in [0.2, 0.25) is 0 Å². The number of carbonyl (C=O) groups is 2. The Hall–Kier alpha value is -2.08. The van der Waals surface area contributed by atoms with Gasteiger partial charge in [-0.25, -0.2) is 0 Å². The van der Waals surface area contributed by atoms with Crippen LogP contribution in [0.4, 0.5) is 0 Å². The zero-order chi connectivity index (χ0) is 16.3. The van der Waals surface area contributed by atoms with E-state index >= 15 is 0 Å². The summed E-state index contributed by atoms with van der Waals surface area (Å²) in [5.74, 6) is -0.0794. The quantitative estimate of drug-likeness (QED) is 0.908. The fourth-order valence-corrected chi connectivity index (χ4v) is 3.32. The SMILES string of the molecule is NC(=O)COc1cccc(C(=O)N2CCC3(CCCO3)CC2)c1. The Morgan fingerprint density at radius 2 is 2.04 bits per heavy atom. The lowest BCUT2D eigenvalue weighted by molar-refractivity contribution is -0.119. The van der Waals surface area contributed by atoms with Crippen LogP contribution in [0.5, 0.6) is 5.75 Å². The summed E-state index contributed by atoms with van der Waals surface area (Å²) >= 11 is 0. The third-order valence-corrected chi connectivity index (χ3v) is 4.61. The van der Waals surface area contributed by atoms with Gasteiger partial charge < -0.3 is 20.1 Å². The maximum atomic E-state index is 12.6. The normalized spacial score (nSPS) is 19.7. The first-order valence-corrected chi connectivity index (χ1v) is 8.02. The third kappa shape index (κ3) is 3.64. The van der Waals surface area contributed by atoms with Crippen molar-refractivity contribution in [2.45, 2.75) is 31.3 Å². The van der Waals surface area contributed by atoms with Crippen molar-refractivity contribution in [1.29, 1.82) is 0 Å². The van der Waals surface area contributed by atoms with E-state index in [1.54, 1.807) is 24.3 Å². The van der Waals surface area contributed by atoms with Crippen LogP contribution in [0.3, 0.4) is 0 Å². The third-order valence-electron chi connectivity index (χ3n) is 4.61. The minimum absolute atomic E-state index is 0.00320. The number of amides is 2. The topological polar surface area (TPSA) is 81.9 Å². The lowest BCUT2D eigenvalue weighted by Gasteiger charge is -2.38. The van der Waals surface area contributed by atoms with Crippen molar-refractivity contribution < 1.29 is 19.1 Å². The highest BCUT2D eigenvalue weighted by Gasteiger charge is 2.39. The summed E-state index contributed by atoms with van der Waals surface area (Å²) in [5, 5.41) is 0. The van der Waals surface area contributed by atoms with Gasteiger partial charge >= 0.3 is 0 Å². The molecule has 2 N–H and O–H groups in total. The van der Waals surface area contributed by atoms with Gasteiger partial charge in [0.25, 0.3) is 11.8 Å². The molecule has 0 atom stereocenters. The Morgan fingerprint density at radius 3 is 2.70 bits per heavy atom. The summed E-state index contributed by atoms with van der Waals surface area (Å²) in [5.41, 5.74) is 5.63. The van der Waals surface area contributed by atoms with Gasteiger partial charge in [-0.05, 0) is 43.9 Å². The van der Waals surface area contributed by atoms with Crippen LogP contribution in [0.2, 0.25) is 0 Å². The number of primary amides is 1. The fourth-order valence-electron chi connectivity index (χ4n) is 3.32. The molecule has 2 amide bonds. The molecule has 2 aliphatic rings. The number of benzene rings is 1. The molecule has 0 aliphatic carbocycles. The highest BCUT2D eigenvalue weighted by molar-refractivity contribution is 5.94. The largest absolute Gasteiger partial charge is 0.484 e. The van der Waals surface area contributed by atoms with E-state index < -0.39 is 5.91 Å². The molecule has 1 aromatic rings. The van der Waals surface area contributed by atoms with Crippen molar-refractivity contribution in [2.24, 2.45) is 5.73 Å². The molecule has 124 valence electrons. The van der Waals surface area contributed by atoms with E-state index in [1.165, 1.54) is 0 Å². The van der Waals surface area contributed by atoms with Crippen LogP contribution in [0, 0.1) is 0 Å². The highest BCUT2D eigenvalue weighted by atomic mass is 16.5. The summed E-state index contributed by atoms with van der Waals surface area (Å²) < 4.78 is 11.1. The summed E-state index contributed by atoms with van der Waals surface area (Å²) in [7, 11) is 0. The van der Waals surface area contributed by atoms with Crippen LogP contribution in [-0.4, -0.2) is 48.6 Å². The molecular weight excluding hydrogens is 296 g/mol. The Kier molecular flexibility index (Phi) is 4.52.